The van der Waals surface area contributed by atoms with Gasteiger partial charge in [-0.2, -0.15) is 0 Å². The number of carbonyl (C=O) groups excluding carboxylic acids is 1. The first-order chi connectivity index (χ1) is 11.7. The highest BCUT2D eigenvalue weighted by atomic mass is 16.6. The van der Waals surface area contributed by atoms with Gasteiger partial charge in [0.25, 0.3) is 0 Å². The number of ketones is 1. The molecule has 0 aliphatic carbocycles. The molecule has 2 heterocycles. The maximum Gasteiger partial charge on any atom is 0.196 e. The smallest absolute Gasteiger partial charge is 0.196 e. The van der Waals surface area contributed by atoms with Crippen molar-refractivity contribution >= 4 is 11.9 Å². The van der Waals surface area contributed by atoms with E-state index in [0.717, 1.165) is 11.3 Å². The number of hydrogen-bond donors (Lipinski definition) is 0. The predicted molar refractivity (Wildman–Crippen MR) is 88.2 cm³/mol. The van der Waals surface area contributed by atoms with Crippen molar-refractivity contribution in [3.05, 3.63) is 53.1 Å². The molecule has 0 radical (unpaired) electrons. The van der Waals surface area contributed by atoms with Crippen LogP contribution < -0.4 is 18.9 Å². The van der Waals surface area contributed by atoms with E-state index in [1.54, 1.807) is 25.3 Å². The zero-order valence-electron chi connectivity index (χ0n) is 13.2. The first-order valence-corrected chi connectivity index (χ1v) is 7.70. The van der Waals surface area contributed by atoms with E-state index < -0.39 is 0 Å². The number of methoxy groups -OCH3 is 1. The van der Waals surface area contributed by atoms with Crippen LogP contribution in [0.2, 0.25) is 0 Å². The van der Waals surface area contributed by atoms with E-state index in [9.17, 15) is 4.79 Å². The van der Waals surface area contributed by atoms with Crippen molar-refractivity contribution in [1.29, 1.82) is 0 Å². The lowest BCUT2D eigenvalue weighted by molar-refractivity contribution is 0.100. The summed E-state index contributed by atoms with van der Waals surface area (Å²) in [5.41, 5.74) is 1.98. The van der Waals surface area contributed by atoms with Crippen LogP contribution in [0.1, 0.15) is 15.9 Å². The minimum Gasteiger partial charge on any atom is -0.497 e. The third-order valence-electron chi connectivity index (χ3n) is 4.01. The molecule has 122 valence electrons. The Bertz CT molecular complexity index is 838. The summed E-state index contributed by atoms with van der Waals surface area (Å²) in [4.78, 5) is 12.7. The molecule has 2 aromatic carbocycles. The van der Waals surface area contributed by atoms with Gasteiger partial charge < -0.3 is 18.9 Å². The van der Waals surface area contributed by atoms with Gasteiger partial charge in [0.2, 0.25) is 0 Å². The average molecular weight is 324 g/mol. The molecule has 0 N–H and O–H groups in total. The molecule has 0 spiro atoms. The van der Waals surface area contributed by atoms with Crippen LogP contribution in [0.3, 0.4) is 0 Å². The van der Waals surface area contributed by atoms with Gasteiger partial charge in [-0.1, -0.05) is 6.07 Å². The zero-order valence-corrected chi connectivity index (χ0v) is 13.2. The predicted octanol–water partition coefficient (Wildman–Crippen LogP) is 3.13. The molecule has 2 aliphatic heterocycles. The van der Waals surface area contributed by atoms with Crippen molar-refractivity contribution < 1.29 is 23.7 Å². The van der Waals surface area contributed by atoms with Crippen LogP contribution in [0.25, 0.3) is 6.08 Å². The van der Waals surface area contributed by atoms with E-state index in [-0.39, 0.29) is 12.4 Å². The summed E-state index contributed by atoms with van der Waals surface area (Å²) in [6.45, 7) is 1.33. The van der Waals surface area contributed by atoms with Gasteiger partial charge in [0.05, 0.1) is 12.7 Å². The highest BCUT2D eigenvalue weighted by Crippen LogP contribution is 2.34. The molecular formula is C19H16O5. The lowest BCUT2D eigenvalue weighted by Crippen LogP contribution is -2.19. The topological polar surface area (TPSA) is 54.0 Å². The Morgan fingerprint density at radius 3 is 2.58 bits per heavy atom. The summed E-state index contributed by atoms with van der Waals surface area (Å²) in [7, 11) is 1.57. The third-order valence-corrected chi connectivity index (χ3v) is 4.01. The monoisotopic (exact) mass is 324 g/mol. The van der Waals surface area contributed by atoms with Crippen LogP contribution in [0.4, 0.5) is 0 Å². The summed E-state index contributed by atoms with van der Waals surface area (Å²) in [5, 5.41) is 0. The number of hydrogen-bond acceptors (Lipinski definition) is 5. The SMILES string of the molecule is COc1ccc2c(c1)C(=O)/C(=C/c1ccc3c(c1)OCCO3)CO2. The molecule has 4 rings (SSSR count). The van der Waals surface area contributed by atoms with Gasteiger partial charge in [0.1, 0.15) is 31.3 Å². The van der Waals surface area contributed by atoms with Crippen LogP contribution in [0, 0.1) is 0 Å². The fourth-order valence-corrected chi connectivity index (χ4v) is 2.79. The minimum atomic E-state index is -0.0509. The molecule has 2 aromatic rings. The van der Waals surface area contributed by atoms with E-state index in [0.29, 0.717) is 41.6 Å². The van der Waals surface area contributed by atoms with Gasteiger partial charge >= 0.3 is 0 Å². The fourth-order valence-electron chi connectivity index (χ4n) is 2.79. The molecule has 0 saturated carbocycles. The molecule has 0 atom stereocenters. The Kier molecular flexibility index (Phi) is 3.61. The van der Waals surface area contributed by atoms with Crippen molar-refractivity contribution in [3.63, 3.8) is 0 Å². The first-order valence-electron chi connectivity index (χ1n) is 7.70. The number of carbonyl (C=O) groups is 1. The van der Waals surface area contributed by atoms with E-state index in [1.807, 2.05) is 24.3 Å². The summed E-state index contributed by atoms with van der Waals surface area (Å²) in [6, 6.07) is 10.9. The van der Waals surface area contributed by atoms with Gasteiger partial charge in [0, 0.05) is 5.57 Å². The van der Waals surface area contributed by atoms with Crippen molar-refractivity contribution in [2.45, 2.75) is 0 Å². The Hall–Kier alpha value is -2.95. The molecule has 2 aliphatic rings. The molecule has 0 bridgehead atoms. The zero-order chi connectivity index (χ0) is 16.5. The second kappa shape index (κ2) is 5.92. The average Bonchev–Trinajstić information content (AvgIpc) is 2.64. The van der Waals surface area contributed by atoms with E-state index >= 15 is 0 Å². The van der Waals surface area contributed by atoms with Gasteiger partial charge in [-0.25, -0.2) is 0 Å². The lowest BCUT2D eigenvalue weighted by atomic mass is 9.98. The third kappa shape index (κ3) is 2.58. The molecular weight excluding hydrogens is 308 g/mol. The number of fused-ring (bicyclic) bond motifs is 2. The molecule has 0 fully saturated rings. The Balaban J connectivity index is 1.67. The summed E-state index contributed by atoms with van der Waals surface area (Å²) < 4.78 is 22.0. The van der Waals surface area contributed by atoms with Crippen LogP contribution in [0.15, 0.2) is 42.0 Å². The Labute approximate surface area is 139 Å². The molecule has 5 heteroatoms. The van der Waals surface area contributed by atoms with E-state index in [1.165, 1.54) is 0 Å². The first kappa shape index (κ1) is 14.6. The van der Waals surface area contributed by atoms with Gasteiger partial charge in [-0.15, -0.1) is 0 Å². The maximum atomic E-state index is 12.7. The van der Waals surface area contributed by atoms with Crippen LogP contribution in [-0.4, -0.2) is 32.7 Å². The van der Waals surface area contributed by atoms with Gasteiger partial charge in [0.15, 0.2) is 17.3 Å². The van der Waals surface area contributed by atoms with Crippen LogP contribution in [-0.2, 0) is 0 Å². The van der Waals surface area contributed by atoms with Crippen molar-refractivity contribution in [2.24, 2.45) is 0 Å². The minimum absolute atomic E-state index is 0.0509. The second-order valence-electron chi connectivity index (χ2n) is 5.55. The highest BCUT2D eigenvalue weighted by Gasteiger charge is 2.24. The van der Waals surface area contributed by atoms with Gasteiger partial charge in [-0.3, -0.25) is 4.79 Å². The van der Waals surface area contributed by atoms with Gasteiger partial charge in [-0.05, 0) is 42.0 Å². The largest absolute Gasteiger partial charge is 0.497 e. The van der Waals surface area contributed by atoms with Crippen molar-refractivity contribution in [1.82, 2.24) is 0 Å². The Morgan fingerprint density at radius 1 is 0.958 bits per heavy atom. The maximum absolute atomic E-state index is 12.7. The highest BCUT2D eigenvalue weighted by molar-refractivity contribution is 6.14. The molecule has 0 saturated heterocycles. The summed E-state index contributed by atoms with van der Waals surface area (Å²) in [6.07, 6.45) is 1.82. The summed E-state index contributed by atoms with van der Waals surface area (Å²) >= 11 is 0. The summed E-state index contributed by atoms with van der Waals surface area (Å²) in [5.74, 6) is 2.59. The van der Waals surface area contributed by atoms with E-state index in [4.69, 9.17) is 18.9 Å². The second-order valence-corrected chi connectivity index (χ2v) is 5.55. The Morgan fingerprint density at radius 2 is 1.75 bits per heavy atom. The molecule has 0 aromatic heterocycles. The van der Waals surface area contributed by atoms with Crippen molar-refractivity contribution in [2.75, 3.05) is 26.9 Å². The number of rotatable bonds is 2. The molecule has 5 nitrogen and oxygen atoms in total. The number of benzene rings is 2. The van der Waals surface area contributed by atoms with E-state index in [2.05, 4.69) is 0 Å². The normalized spacial score (nSPS) is 17.2. The molecule has 24 heavy (non-hydrogen) atoms. The lowest BCUT2D eigenvalue weighted by Gasteiger charge is -2.20. The molecule has 0 unspecified atom stereocenters. The quantitative estimate of drug-likeness (QED) is 0.795. The van der Waals surface area contributed by atoms with Crippen LogP contribution >= 0.6 is 0 Å². The number of ether oxygens (including phenoxy) is 4. The molecule has 0 amide bonds. The van der Waals surface area contributed by atoms with Crippen molar-refractivity contribution in [3.8, 4) is 23.0 Å². The fraction of sp³-hybridized carbons (Fsp3) is 0.211. The number of Topliss-reactive ketones (excluding diaryl/α,β-unsaturated/α-hetero) is 1. The standard InChI is InChI=1S/C19H16O5/c1-21-14-3-5-16-15(10-14)19(20)13(11-24-16)8-12-2-4-17-18(9-12)23-7-6-22-17/h2-5,8-10H,6-7,11H2,1H3/b13-8+. The van der Waals surface area contributed by atoms with Crippen LogP contribution in [0.5, 0.6) is 23.0 Å².